The molecule has 0 radical (unpaired) electrons. The molecule has 2 unspecified atom stereocenters. The zero-order valence-corrected chi connectivity index (χ0v) is 27.5. The third-order valence-electron chi connectivity index (χ3n) is 7.00. The first-order valence-electron chi connectivity index (χ1n) is 14.8. The van der Waals surface area contributed by atoms with Gasteiger partial charge in [0.2, 0.25) is 0 Å². The van der Waals surface area contributed by atoms with Crippen molar-refractivity contribution in [2.24, 2.45) is 0 Å². The summed E-state index contributed by atoms with van der Waals surface area (Å²) in [5, 5.41) is 21.6. The molecule has 16 nitrogen and oxygen atoms in total. The molecular weight excluding hydrogens is 663 g/mol. The SMILES string of the molecule is C=CCOC(=O)Nc1ccn([C@H]2C[C@H](OP(=O)(OCCC#N)OC(C(=O)c3ccccc3)c3cc(OC)cc(OC)c3)[C@@H](CO)O2)c(=O)n1. The normalized spacial score (nSPS) is 18.8. The van der Waals surface area contributed by atoms with Gasteiger partial charge in [-0.15, -0.1) is 0 Å². The Morgan fingerprint density at radius 3 is 2.53 bits per heavy atom. The van der Waals surface area contributed by atoms with Gasteiger partial charge in [0.1, 0.15) is 42.4 Å². The smallest absolute Gasteiger partial charge is 0.476 e. The van der Waals surface area contributed by atoms with Crippen LogP contribution in [-0.2, 0) is 27.6 Å². The Bertz CT molecular complexity index is 1740. The largest absolute Gasteiger partial charge is 0.497 e. The summed E-state index contributed by atoms with van der Waals surface area (Å²) in [5.41, 5.74) is -0.417. The number of ketones is 1. The van der Waals surface area contributed by atoms with E-state index >= 15 is 0 Å². The molecule has 0 aliphatic carbocycles. The Morgan fingerprint density at radius 1 is 1.20 bits per heavy atom. The highest BCUT2D eigenvalue weighted by atomic mass is 31.2. The van der Waals surface area contributed by atoms with Crippen LogP contribution in [-0.4, -0.2) is 72.8 Å². The van der Waals surface area contributed by atoms with Gasteiger partial charge in [0.25, 0.3) is 0 Å². The summed E-state index contributed by atoms with van der Waals surface area (Å²) < 4.78 is 54.2. The summed E-state index contributed by atoms with van der Waals surface area (Å²) in [7, 11) is -1.94. The number of carbonyl (C=O) groups excluding carboxylic acids is 2. The van der Waals surface area contributed by atoms with Gasteiger partial charge in [-0.05, 0) is 23.8 Å². The number of benzene rings is 2. The van der Waals surface area contributed by atoms with Crippen molar-refractivity contribution >= 4 is 25.5 Å². The number of nitrogens with zero attached hydrogens (tertiary/aromatic N) is 3. The maximum atomic E-state index is 14.4. The van der Waals surface area contributed by atoms with Crippen LogP contribution in [0.5, 0.6) is 11.5 Å². The number of Topliss-reactive ketones (excluding diaryl/α,β-unsaturated/α-hetero) is 1. The number of methoxy groups -OCH3 is 2. The van der Waals surface area contributed by atoms with Gasteiger partial charge in [0.05, 0.1) is 39.9 Å². The van der Waals surface area contributed by atoms with Gasteiger partial charge in [0, 0.05) is 24.2 Å². The molecule has 17 heteroatoms. The first-order chi connectivity index (χ1) is 23.6. The summed E-state index contributed by atoms with van der Waals surface area (Å²) >= 11 is 0. The molecule has 3 aromatic rings. The van der Waals surface area contributed by atoms with Crippen molar-refractivity contribution in [3.8, 4) is 17.6 Å². The van der Waals surface area contributed by atoms with Crippen molar-refractivity contribution < 1.29 is 51.8 Å². The van der Waals surface area contributed by atoms with Crippen LogP contribution in [0.2, 0.25) is 0 Å². The van der Waals surface area contributed by atoms with Crippen molar-refractivity contribution in [1.29, 1.82) is 5.26 Å². The minimum Gasteiger partial charge on any atom is -0.497 e. The van der Waals surface area contributed by atoms with E-state index < -0.39 is 63.1 Å². The molecular formula is C32H35N4O12P. The maximum absolute atomic E-state index is 14.4. The zero-order chi connectivity index (χ0) is 35.4. The molecule has 1 amide bonds. The van der Waals surface area contributed by atoms with E-state index in [2.05, 4.69) is 16.9 Å². The number of hydrogen-bond acceptors (Lipinski definition) is 14. The molecule has 2 heterocycles. The lowest BCUT2D eigenvalue weighted by atomic mass is 9.99. The highest BCUT2D eigenvalue weighted by Crippen LogP contribution is 2.57. The van der Waals surface area contributed by atoms with E-state index in [0.717, 1.165) is 4.57 Å². The van der Waals surface area contributed by atoms with Gasteiger partial charge < -0.3 is 24.1 Å². The van der Waals surface area contributed by atoms with Crippen LogP contribution in [0.3, 0.4) is 0 Å². The monoisotopic (exact) mass is 698 g/mol. The molecule has 260 valence electrons. The fraction of sp³-hybridized carbons (Fsp3) is 0.344. The number of carbonyl (C=O) groups is 2. The molecule has 1 aliphatic heterocycles. The minimum atomic E-state index is -4.77. The number of anilines is 1. The van der Waals surface area contributed by atoms with Crippen LogP contribution < -0.4 is 20.5 Å². The lowest BCUT2D eigenvalue weighted by molar-refractivity contribution is -0.0488. The van der Waals surface area contributed by atoms with Crippen LogP contribution in [0.4, 0.5) is 10.6 Å². The van der Waals surface area contributed by atoms with Crippen LogP contribution >= 0.6 is 7.82 Å². The van der Waals surface area contributed by atoms with E-state index in [1.807, 2.05) is 6.07 Å². The summed E-state index contributed by atoms with van der Waals surface area (Å²) in [6.07, 6.45) is -3.53. The number of aromatic nitrogens is 2. The maximum Gasteiger partial charge on any atom is 0.476 e. The third kappa shape index (κ3) is 9.83. The van der Waals surface area contributed by atoms with Gasteiger partial charge in [-0.25, -0.2) is 14.2 Å². The quantitative estimate of drug-likeness (QED) is 0.0871. The number of hydrogen-bond donors (Lipinski definition) is 2. The Morgan fingerprint density at radius 2 is 1.92 bits per heavy atom. The summed E-state index contributed by atoms with van der Waals surface area (Å²) in [6, 6.07) is 15.9. The van der Waals surface area contributed by atoms with Crippen molar-refractivity contribution in [3.05, 3.63) is 95.1 Å². The van der Waals surface area contributed by atoms with Crippen LogP contribution in [0.15, 0.2) is 78.2 Å². The predicted octanol–water partition coefficient (Wildman–Crippen LogP) is 4.34. The van der Waals surface area contributed by atoms with E-state index in [1.54, 1.807) is 36.4 Å². The van der Waals surface area contributed by atoms with Gasteiger partial charge in [-0.1, -0.05) is 43.0 Å². The predicted molar refractivity (Wildman–Crippen MR) is 172 cm³/mol. The highest BCUT2D eigenvalue weighted by Gasteiger charge is 2.45. The van der Waals surface area contributed by atoms with Gasteiger partial charge in [0.15, 0.2) is 11.9 Å². The zero-order valence-electron chi connectivity index (χ0n) is 26.6. The lowest BCUT2D eigenvalue weighted by Gasteiger charge is -2.27. The van der Waals surface area contributed by atoms with Gasteiger partial charge >= 0.3 is 19.6 Å². The topological polar surface area (TPSA) is 207 Å². The number of ether oxygens (including phenoxy) is 4. The highest BCUT2D eigenvalue weighted by molar-refractivity contribution is 7.48. The van der Waals surface area contributed by atoms with Crippen molar-refractivity contribution in [2.45, 2.75) is 37.4 Å². The average molecular weight is 699 g/mol. The number of nitriles is 1. The molecule has 5 atom stereocenters. The molecule has 1 aromatic heterocycles. The molecule has 0 spiro atoms. The van der Waals surface area contributed by atoms with Crippen LogP contribution in [0, 0.1) is 11.3 Å². The van der Waals surface area contributed by atoms with Crippen molar-refractivity contribution in [3.63, 3.8) is 0 Å². The molecule has 0 bridgehead atoms. The number of aliphatic hydroxyl groups is 1. The number of rotatable bonds is 17. The summed E-state index contributed by atoms with van der Waals surface area (Å²) in [5.74, 6) is -0.0768. The number of aliphatic hydroxyl groups excluding tert-OH is 1. The second kappa shape index (κ2) is 17.5. The minimum absolute atomic E-state index is 0.0502. The number of phosphoric ester groups is 1. The first-order valence-corrected chi connectivity index (χ1v) is 16.3. The standard InChI is InChI=1S/C32H35N4O12P/c1-4-14-44-32(40)35-27-11-13-36(31(39)34-27)28-19-25(26(20-37)46-28)47-49(41,45-15-8-12-33)48-30(29(38)21-9-6-5-7-10-21)22-16-23(42-2)18-24(17-22)43-3/h4-7,9-11,13,16-18,25-26,28,30,37H,1,8,14-15,19-20H2,2-3H3,(H,34,35,39,40)/t25-,26+,28+,30?,49?/m0/s1. The fourth-order valence-corrected chi connectivity index (χ4v) is 6.22. The van der Waals surface area contributed by atoms with E-state index in [9.17, 15) is 24.1 Å². The average Bonchev–Trinajstić information content (AvgIpc) is 3.51. The van der Waals surface area contributed by atoms with Crippen molar-refractivity contribution in [1.82, 2.24) is 9.55 Å². The van der Waals surface area contributed by atoms with Gasteiger partial charge in [-0.3, -0.25) is 28.2 Å². The number of nitrogens with one attached hydrogen (secondary N) is 1. The lowest BCUT2D eigenvalue weighted by Crippen LogP contribution is -2.29. The Labute approximate surface area is 281 Å². The molecule has 2 N–H and O–H groups in total. The molecule has 1 aliphatic rings. The van der Waals surface area contributed by atoms with Gasteiger partial charge in [-0.2, -0.15) is 10.2 Å². The number of amides is 1. The van der Waals surface area contributed by atoms with E-state index in [-0.39, 0.29) is 36.4 Å². The second-order valence-corrected chi connectivity index (χ2v) is 11.8. The first kappa shape index (κ1) is 36.9. The van der Waals surface area contributed by atoms with Crippen molar-refractivity contribution in [2.75, 3.05) is 39.4 Å². The van der Waals surface area contributed by atoms with E-state index in [1.165, 1.54) is 44.7 Å². The second-order valence-electron chi connectivity index (χ2n) is 10.3. The Kier molecular flexibility index (Phi) is 13.2. The summed E-state index contributed by atoms with van der Waals surface area (Å²) in [6.45, 7) is 2.37. The molecule has 0 saturated carbocycles. The molecule has 49 heavy (non-hydrogen) atoms. The molecule has 1 fully saturated rings. The number of phosphoric acid groups is 1. The molecule has 1 saturated heterocycles. The summed E-state index contributed by atoms with van der Waals surface area (Å²) in [4.78, 5) is 42.4. The molecule has 4 rings (SSSR count). The Hall–Kier alpha value is -4.88. The third-order valence-corrected chi connectivity index (χ3v) is 8.50. The van der Waals surface area contributed by atoms with Crippen LogP contribution in [0.25, 0.3) is 0 Å². The fourth-order valence-electron chi connectivity index (χ4n) is 4.70. The van der Waals surface area contributed by atoms with E-state index in [0.29, 0.717) is 11.5 Å². The van der Waals surface area contributed by atoms with Crippen LogP contribution in [0.1, 0.15) is 41.1 Å². The Balaban J connectivity index is 1.64. The van der Waals surface area contributed by atoms with E-state index in [4.69, 9.17) is 37.8 Å². The molecule has 2 aromatic carbocycles.